The van der Waals surface area contributed by atoms with E-state index in [9.17, 15) is 4.79 Å². The maximum Gasteiger partial charge on any atom is 0.319 e. The minimum Gasteiger partial charge on any atom is -0.378 e. The van der Waals surface area contributed by atoms with Crippen LogP contribution in [0.15, 0.2) is 24.3 Å². The summed E-state index contributed by atoms with van der Waals surface area (Å²) in [4.78, 5) is 15.0. The summed E-state index contributed by atoms with van der Waals surface area (Å²) in [5.41, 5.74) is 2.12. The number of rotatable bonds is 3. The van der Waals surface area contributed by atoms with Gasteiger partial charge < -0.3 is 20.3 Å². The van der Waals surface area contributed by atoms with E-state index in [1.165, 1.54) is 44.2 Å². The maximum atomic E-state index is 12.6. The lowest BCUT2D eigenvalue weighted by Gasteiger charge is -2.56. The summed E-state index contributed by atoms with van der Waals surface area (Å²) in [6.07, 6.45) is 7.73. The Bertz CT molecular complexity index is 631. The van der Waals surface area contributed by atoms with Crippen LogP contribution >= 0.6 is 0 Å². The highest BCUT2D eigenvalue weighted by Gasteiger charge is 2.51. The second-order valence-corrected chi connectivity index (χ2v) is 8.92. The number of carbonyl (C=O) groups excluding carboxylic acids is 1. The third-order valence-electron chi connectivity index (χ3n) is 6.92. The van der Waals surface area contributed by atoms with Crippen molar-refractivity contribution in [2.45, 2.75) is 44.1 Å². The molecule has 1 aromatic rings. The number of benzene rings is 1. The van der Waals surface area contributed by atoms with Gasteiger partial charge in [0.2, 0.25) is 0 Å². The van der Waals surface area contributed by atoms with Gasteiger partial charge >= 0.3 is 6.03 Å². The maximum absolute atomic E-state index is 12.6. The van der Waals surface area contributed by atoms with E-state index in [0.29, 0.717) is 0 Å². The summed E-state index contributed by atoms with van der Waals surface area (Å²) in [5, 5.41) is 6.43. The summed E-state index contributed by atoms with van der Waals surface area (Å²) in [6, 6.07) is 8.15. The Labute approximate surface area is 155 Å². The van der Waals surface area contributed by atoms with Gasteiger partial charge in [0, 0.05) is 30.0 Å². The number of carbonyl (C=O) groups is 1. The number of nitrogens with zero attached hydrogens (tertiary/aromatic N) is 1. The normalized spacial score (nSPS) is 35.4. The highest BCUT2D eigenvalue weighted by atomic mass is 16.5. The molecular weight excluding hydrogens is 326 g/mol. The van der Waals surface area contributed by atoms with Crippen molar-refractivity contribution in [3.05, 3.63) is 24.3 Å². The van der Waals surface area contributed by atoms with Crippen LogP contribution in [0, 0.1) is 17.8 Å². The number of anilines is 2. The molecule has 4 aliphatic carbocycles. The van der Waals surface area contributed by atoms with Gasteiger partial charge in [0.15, 0.2) is 0 Å². The largest absolute Gasteiger partial charge is 0.378 e. The highest BCUT2D eigenvalue weighted by molar-refractivity contribution is 5.90. The lowest BCUT2D eigenvalue weighted by atomic mass is 9.53. The number of hydrogen-bond donors (Lipinski definition) is 2. The van der Waals surface area contributed by atoms with Crippen molar-refractivity contribution in [2.24, 2.45) is 17.8 Å². The van der Waals surface area contributed by atoms with E-state index in [0.717, 1.165) is 49.7 Å². The summed E-state index contributed by atoms with van der Waals surface area (Å²) >= 11 is 0. The molecule has 0 aromatic heterocycles. The first-order valence-corrected chi connectivity index (χ1v) is 10.2. The number of nitrogens with one attached hydrogen (secondary N) is 2. The van der Waals surface area contributed by atoms with E-state index in [1.54, 1.807) is 0 Å². The third-order valence-corrected chi connectivity index (χ3v) is 6.92. The average Bonchev–Trinajstić information content (AvgIpc) is 2.61. The predicted octanol–water partition coefficient (Wildman–Crippen LogP) is 3.61. The molecule has 140 valence electrons. The molecule has 1 aliphatic heterocycles. The SMILES string of the molecule is O=C(Nc1ccc(N2CCOCC2)cc1)NC12CC3CC(CC(C3)C1)C2. The quantitative estimate of drug-likeness (QED) is 0.871. The number of morpholine rings is 1. The van der Waals surface area contributed by atoms with Crippen molar-refractivity contribution in [1.29, 1.82) is 0 Å². The fraction of sp³-hybridized carbons (Fsp3) is 0.667. The molecule has 1 heterocycles. The minimum absolute atomic E-state index is 0.0360. The molecule has 2 N–H and O–H groups in total. The molecule has 5 aliphatic rings. The van der Waals surface area contributed by atoms with Gasteiger partial charge in [-0.1, -0.05) is 0 Å². The third kappa shape index (κ3) is 3.18. The van der Waals surface area contributed by atoms with Crippen molar-refractivity contribution in [2.75, 3.05) is 36.5 Å². The van der Waals surface area contributed by atoms with E-state index in [2.05, 4.69) is 27.7 Å². The molecule has 4 saturated carbocycles. The number of amides is 2. The summed E-state index contributed by atoms with van der Waals surface area (Å²) in [6.45, 7) is 3.43. The molecular formula is C21H29N3O2. The minimum atomic E-state index is -0.0360. The average molecular weight is 355 g/mol. The van der Waals surface area contributed by atoms with Gasteiger partial charge in [0.05, 0.1) is 13.2 Å². The van der Waals surface area contributed by atoms with Crippen LogP contribution in [0.2, 0.25) is 0 Å². The van der Waals surface area contributed by atoms with Crippen LogP contribution in [-0.2, 0) is 4.74 Å². The van der Waals surface area contributed by atoms with Crippen LogP contribution in [0.1, 0.15) is 38.5 Å². The van der Waals surface area contributed by atoms with E-state index in [1.807, 2.05) is 12.1 Å². The van der Waals surface area contributed by atoms with Gasteiger partial charge in [-0.3, -0.25) is 0 Å². The van der Waals surface area contributed by atoms with E-state index < -0.39 is 0 Å². The molecule has 5 nitrogen and oxygen atoms in total. The fourth-order valence-corrected chi connectivity index (χ4v) is 6.24. The molecule has 2 amide bonds. The zero-order valence-corrected chi connectivity index (χ0v) is 15.4. The molecule has 26 heavy (non-hydrogen) atoms. The van der Waals surface area contributed by atoms with Gasteiger partial charge in [-0.15, -0.1) is 0 Å². The van der Waals surface area contributed by atoms with Crippen molar-refractivity contribution >= 4 is 17.4 Å². The summed E-state index contributed by atoms with van der Waals surface area (Å²) in [7, 11) is 0. The Hall–Kier alpha value is -1.75. The Morgan fingerprint density at radius 1 is 0.962 bits per heavy atom. The zero-order valence-electron chi connectivity index (χ0n) is 15.4. The number of hydrogen-bond acceptors (Lipinski definition) is 3. The van der Waals surface area contributed by atoms with Gasteiger partial charge in [-0.25, -0.2) is 4.79 Å². The van der Waals surface area contributed by atoms with Crippen LogP contribution < -0.4 is 15.5 Å². The lowest BCUT2D eigenvalue weighted by molar-refractivity contribution is -0.0127. The van der Waals surface area contributed by atoms with Crippen molar-refractivity contribution in [3.8, 4) is 0 Å². The lowest BCUT2D eigenvalue weighted by Crippen LogP contribution is -2.60. The second-order valence-electron chi connectivity index (χ2n) is 8.92. The molecule has 0 radical (unpaired) electrons. The fourth-order valence-electron chi connectivity index (χ4n) is 6.24. The predicted molar refractivity (Wildman–Crippen MR) is 103 cm³/mol. The Balaban J connectivity index is 1.20. The second kappa shape index (κ2) is 6.45. The monoisotopic (exact) mass is 355 g/mol. The highest BCUT2D eigenvalue weighted by Crippen LogP contribution is 2.55. The molecule has 6 rings (SSSR count). The molecule has 0 unspecified atom stereocenters. The van der Waals surface area contributed by atoms with Crippen LogP contribution in [-0.4, -0.2) is 37.9 Å². The van der Waals surface area contributed by atoms with E-state index >= 15 is 0 Å². The zero-order chi connectivity index (χ0) is 17.6. The standard InChI is InChI=1S/C21H29N3O2/c25-20(23-21-12-15-9-16(13-21)11-17(10-15)14-21)22-18-1-3-19(4-2-18)24-5-7-26-8-6-24/h1-4,15-17H,5-14H2,(H2,22,23,25). The first-order valence-electron chi connectivity index (χ1n) is 10.2. The van der Waals surface area contributed by atoms with E-state index in [4.69, 9.17) is 4.74 Å². The van der Waals surface area contributed by atoms with Gasteiger partial charge in [0.1, 0.15) is 0 Å². The Morgan fingerprint density at radius 2 is 1.54 bits per heavy atom. The molecule has 1 aromatic carbocycles. The summed E-state index contributed by atoms with van der Waals surface area (Å²) in [5.74, 6) is 2.53. The Morgan fingerprint density at radius 3 is 2.12 bits per heavy atom. The Kier molecular flexibility index (Phi) is 4.07. The molecule has 0 spiro atoms. The van der Waals surface area contributed by atoms with Crippen LogP contribution in [0.4, 0.5) is 16.2 Å². The van der Waals surface area contributed by atoms with E-state index in [-0.39, 0.29) is 11.6 Å². The topological polar surface area (TPSA) is 53.6 Å². The summed E-state index contributed by atoms with van der Waals surface area (Å²) < 4.78 is 5.41. The van der Waals surface area contributed by atoms with Crippen molar-refractivity contribution in [3.63, 3.8) is 0 Å². The first-order chi connectivity index (χ1) is 12.7. The molecule has 0 atom stereocenters. The van der Waals surface area contributed by atoms with Gasteiger partial charge in [-0.05, 0) is 80.5 Å². The molecule has 1 saturated heterocycles. The molecule has 4 bridgehead atoms. The number of ether oxygens (including phenoxy) is 1. The number of urea groups is 1. The van der Waals surface area contributed by atoms with Crippen LogP contribution in [0.5, 0.6) is 0 Å². The molecule has 5 fully saturated rings. The molecule has 5 heteroatoms. The van der Waals surface area contributed by atoms with Crippen LogP contribution in [0.25, 0.3) is 0 Å². The first kappa shape index (κ1) is 16.4. The van der Waals surface area contributed by atoms with Gasteiger partial charge in [-0.2, -0.15) is 0 Å². The van der Waals surface area contributed by atoms with Gasteiger partial charge in [0.25, 0.3) is 0 Å². The van der Waals surface area contributed by atoms with Crippen molar-refractivity contribution in [1.82, 2.24) is 5.32 Å². The van der Waals surface area contributed by atoms with Crippen LogP contribution in [0.3, 0.4) is 0 Å². The smallest absolute Gasteiger partial charge is 0.319 e. The van der Waals surface area contributed by atoms with Crippen molar-refractivity contribution < 1.29 is 9.53 Å².